The summed E-state index contributed by atoms with van der Waals surface area (Å²) < 4.78 is 5.75. The minimum absolute atomic E-state index is 0.752. The van der Waals surface area contributed by atoms with Crippen molar-refractivity contribution in [2.45, 2.75) is 32.8 Å². The van der Waals surface area contributed by atoms with Gasteiger partial charge in [-0.3, -0.25) is 0 Å². The van der Waals surface area contributed by atoms with Crippen LogP contribution >= 0.6 is 0 Å². The molecule has 1 heterocycles. The number of benzene rings is 1. The third kappa shape index (κ3) is 4.49. The number of nitrogens with one attached hydrogen (secondary N) is 1. The molecule has 1 atom stereocenters. The van der Waals surface area contributed by atoms with Gasteiger partial charge in [-0.15, -0.1) is 0 Å². The van der Waals surface area contributed by atoms with Gasteiger partial charge in [0.1, 0.15) is 0 Å². The first-order valence-electron chi connectivity index (χ1n) is 6.68. The van der Waals surface area contributed by atoms with Crippen LogP contribution in [0, 0.1) is 12.8 Å². The fourth-order valence-corrected chi connectivity index (χ4v) is 2.41. The topological polar surface area (TPSA) is 21.3 Å². The molecule has 1 saturated heterocycles. The number of aryl methyl sites for hydroxylation is 1. The Morgan fingerprint density at radius 1 is 1.41 bits per heavy atom. The quantitative estimate of drug-likeness (QED) is 0.790. The summed E-state index contributed by atoms with van der Waals surface area (Å²) >= 11 is 0. The normalized spacial score (nSPS) is 20.4. The molecule has 0 saturated carbocycles. The highest BCUT2D eigenvalue weighted by molar-refractivity contribution is 5.21. The molecule has 2 rings (SSSR count). The van der Waals surface area contributed by atoms with Gasteiger partial charge in [0.05, 0.1) is 6.61 Å². The molecule has 1 aromatic carbocycles. The summed E-state index contributed by atoms with van der Waals surface area (Å²) in [5, 5.41) is 3.45. The SMILES string of the molecule is Cc1cccc(COCCC2CCCNC2)c1. The Labute approximate surface area is 104 Å². The van der Waals surface area contributed by atoms with Crippen LogP contribution in [0.3, 0.4) is 0 Å². The first kappa shape index (κ1) is 12.6. The van der Waals surface area contributed by atoms with Crippen molar-refractivity contribution in [3.8, 4) is 0 Å². The lowest BCUT2D eigenvalue weighted by Crippen LogP contribution is -2.30. The molecule has 94 valence electrons. The molecule has 1 aromatic rings. The Morgan fingerprint density at radius 2 is 2.35 bits per heavy atom. The summed E-state index contributed by atoms with van der Waals surface area (Å²) in [6, 6.07) is 8.55. The molecule has 0 aromatic heterocycles. The Bertz CT molecular complexity index is 331. The zero-order valence-electron chi connectivity index (χ0n) is 10.7. The molecule has 0 spiro atoms. The molecule has 2 heteroatoms. The van der Waals surface area contributed by atoms with E-state index >= 15 is 0 Å². The first-order valence-corrected chi connectivity index (χ1v) is 6.68. The van der Waals surface area contributed by atoms with Crippen molar-refractivity contribution in [2.24, 2.45) is 5.92 Å². The maximum absolute atomic E-state index is 5.75. The molecule has 1 N–H and O–H groups in total. The molecule has 1 aliphatic rings. The number of hydrogen-bond acceptors (Lipinski definition) is 2. The van der Waals surface area contributed by atoms with Crippen molar-refractivity contribution in [3.63, 3.8) is 0 Å². The van der Waals surface area contributed by atoms with Crippen LogP contribution in [0.2, 0.25) is 0 Å². The standard InChI is InChI=1S/C15H23NO/c1-13-4-2-5-15(10-13)12-17-9-7-14-6-3-8-16-11-14/h2,4-5,10,14,16H,3,6-9,11-12H2,1H3. The van der Waals surface area contributed by atoms with E-state index in [1.165, 1.54) is 43.5 Å². The van der Waals surface area contributed by atoms with Gasteiger partial charge in [-0.1, -0.05) is 29.8 Å². The van der Waals surface area contributed by atoms with E-state index in [1.54, 1.807) is 0 Å². The molecular weight excluding hydrogens is 210 g/mol. The second-order valence-electron chi connectivity index (χ2n) is 5.04. The third-order valence-electron chi connectivity index (χ3n) is 3.42. The minimum Gasteiger partial charge on any atom is -0.377 e. The van der Waals surface area contributed by atoms with Crippen LogP contribution < -0.4 is 5.32 Å². The Morgan fingerprint density at radius 3 is 3.12 bits per heavy atom. The lowest BCUT2D eigenvalue weighted by atomic mass is 9.97. The molecule has 0 amide bonds. The Kier molecular flexibility index (Phi) is 5.02. The molecule has 1 aliphatic heterocycles. The lowest BCUT2D eigenvalue weighted by Gasteiger charge is -2.22. The number of piperidine rings is 1. The van der Waals surface area contributed by atoms with Crippen molar-refractivity contribution in [3.05, 3.63) is 35.4 Å². The zero-order chi connectivity index (χ0) is 11.9. The summed E-state index contributed by atoms with van der Waals surface area (Å²) in [6.45, 7) is 6.13. The van der Waals surface area contributed by atoms with Crippen LogP contribution in [0.1, 0.15) is 30.4 Å². The number of hydrogen-bond donors (Lipinski definition) is 1. The highest BCUT2D eigenvalue weighted by Gasteiger charge is 2.12. The first-order chi connectivity index (χ1) is 8.34. The third-order valence-corrected chi connectivity index (χ3v) is 3.42. The summed E-state index contributed by atoms with van der Waals surface area (Å²) in [4.78, 5) is 0. The van der Waals surface area contributed by atoms with E-state index in [0.29, 0.717) is 0 Å². The van der Waals surface area contributed by atoms with Gasteiger partial charge in [-0.2, -0.15) is 0 Å². The van der Waals surface area contributed by atoms with E-state index in [1.807, 2.05) is 0 Å². The average molecular weight is 233 g/mol. The van der Waals surface area contributed by atoms with Crippen LogP contribution in [0.15, 0.2) is 24.3 Å². The van der Waals surface area contributed by atoms with Crippen molar-refractivity contribution in [1.82, 2.24) is 5.32 Å². The lowest BCUT2D eigenvalue weighted by molar-refractivity contribution is 0.103. The monoisotopic (exact) mass is 233 g/mol. The van der Waals surface area contributed by atoms with Gasteiger partial charge in [0, 0.05) is 6.61 Å². The second-order valence-corrected chi connectivity index (χ2v) is 5.04. The van der Waals surface area contributed by atoms with Gasteiger partial charge >= 0.3 is 0 Å². The van der Waals surface area contributed by atoms with Gasteiger partial charge in [0.2, 0.25) is 0 Å². The van der Waals surface area contributed by atoms with Crippen LogP contribution in [0.4, 0.5) is 0 Å². The van der Waals surface area contributed by atoms with Crippen molar-refractivity contribution >= 4 is 0 Å². The van der Waals surface area contributed by atoms with Crippen LogP contribution in [-0.2, 0) is 11.3 Å². The number of rotatable bonds is 5. The summed E-state index contributed by atoms with van der Waals surface area (Å²) in [5.41, 5.74) is 2.59. The highest BCUT2D eigenvalue weighted by atomic mass is 16.5. The molecule has 0 radical (unpaired) electrons. The van der Waals surface area contributed by atoms with Crippen LogP contribution in [0.25, 0.3) is 0 Å². The van der Waals surface area contributed by atoms with E-state index in [0.717, 1.165) is 19.1 Å². The summed E-state index contributed by atoms with van der Waals surface area (Å²) in [5.74, 6) is 0.821. The van der Waals surface area contributed by atoms with E-state index in [9.17, 15) is 0 Å². The van der Waals surface area contributed by atoms with E-state index in [2.05, 4.69) is 36.5 Å². The largest absolute Gasteiger partial charge is 0.377 e. The van der Waals surface area contributed by atoms with E-state index in [-0.39, 0.29) is 0 Å². The maximum atomic E-state index is 5.75. The second kappa shape index (κ2) is 6.77. The zero-order valence-corrected chi connectivity index (χ0v) is 10.7. The smallest absolute Gasteiger partial charge is 0.0716 e. The number of ether oxygens (including phenoxy) is 1. The fourth-order valence-electron chi connectivity index (χ4n) is 2.41. The average Bonchev–Trinajstić information content (AvgIpc) is 2.36. The summed E-state index contributed by atoms with van der Waals surface area (Å²) in [7, 11) is 0. The Balaban J connectivity index is 1.62. The van der Waals surface area contributed by atoms with Crippen molar-refractivity contribution in [2.75, 3.05) is 19.7 Å². The van der Waals surface area contributed by atoms with Crippen molar-refractivity contribution in [1.29, 1.82) is 0 Å². The summed E-state index contributed by atoms with van der Waals surface area (Å²) in [6.07, 6.45) is 3.88. The minimum atomic E-state index is 0.752. The molecule has 2 nitrogen and oxygen atoms in total. The van der Waals surface area contributed by atoms with Gasteiger partial charge in [0.15, 0.2) is 0 Å². The fraction of sp³-hybridized carbons (Fsp3) is 0.600. The van der Waals surface area contributed by atoms with E-state index < -0.39 is 0 Å². The predicted molar refractivity (Wildman–Crippen MR) is 71.0 cm³/mol. The van der Waals surface area contributed by atoms with Crippen molar-refractivity contribution < 1.29 is 4.74 Å². The molecule has 1 unspecified atom stereocenters. The molecule has 0 aliphatic carbocycles. The molecular formula is C15H23NO. The van der Waals surface area contributed by atoms with Gasteiger partial charge in [0.25, 0.3) is 0 Å². The van der Waals surface area contributed by atoms with Gasteiger partial charge < -0.3 is 10.1 Å². The van der Waals surface area contributed by atoms with Gasteiger partial charge in [-0.05, 0) is 50.8 Å². The maximum Gasteiger partial charge on any atom is 0.0716 e. The highest BCUT2D eigenvalue weighted by Crippen LogP contribution is 2.14. The van der Waals surface area contributed by atoms with E-state index in [4.69, 9.17) is 4.74 Å². The van der Waals surface area contributed by atoms with Gasteiger partial charge in [-0.25, -0.2) is 0 Å². The molecule has 17 heavy (non-hydrogen) atoms. The molecule has 1 fully saturated rings. The van der Waals surface area contributed by atoms with Crippen LogP contribution in [0.5, 0.6) is 0 Å². The Hall–Kier alpha value is -0.860. The molecule has 0 bridgehead atoms. The van der Waals surface area contributed by atoms with Crippen LogP contribution in [-0.4, -0.2) is 19.7 Å². The predicted octanol–water partition coefficient (Wildman–Crippen LogP) is 2.90.